The lowest BCUT2D eigenvalue weighted by atomic mass is 10.2. The van der Waals surface area contributed by atoms with Crippen molar-refractivity contribution in [3.05, 3.63) is 58.3 Å². The first-order valence-electron chi connectivity index (χ1n) is 6.32. The zero-order valence-electron chi connectivity index (χ0n) is 10.8. The smallest absolute Gasteiger partial charge is 0.326 e. The number of amides is 1. The molecule has 0 fully saturated rings. The number of imidazole rings is 1. The van der Waals surface area contributed by atoms with Crippen molar-refractivity contribution in [1.29, 1.82) is 0 Å². The number of aromatic nitrogens is 2. The highest BCUT2D eigenvalue weighted by atomic mass is 16.2. The van der Waals surface area contributed by atoms with Gasteiger partial charge in [-0.05, 0) is 12.0 Å². The van der Waals surface area contributed by atoms with Crippen LogP contribution >= 0.6 is 0 Å². The Bertz CT molecular complexity index is 599. The van der Waals surface area contributed by atoms with Gasteiger partial charge in [-0.2, -0.15) is 0 Å². The molecule has 0 aliphatic rings. The van der Waals surface area contributed by atoms with Crippen molar-refractivity contribution in [2.45, 2.75) is 19.9 Å². The van der Waals surface area contributed by atoms with E-state index in [2.05, 4.69) is 10.3 Å². The molecule has 100 valence electrons. The second kappa shape index (κ2) is 6.04. The van der Waals surface area contributed by atoms with E-state index in [1.54, 1.807) is 0 Å². The molecule has 0 saturated heterocycles. The van der Waals surface area contributed by atoms with E-state index < -0.39 is 0 Å². The van der Waals surface area contributed by atoms with Gasteiger partial charge in [0.05, 0.1) is 6.54 Å². The summed E-state index contributed by atoms with van der Waals surface area (Å²) in [5.41, 5.74) is 1.07. The van der Waals surface area contributed by atoms with Crippen LogP contribution in [0.3, 0.4) is 0 Å². The molecule has 19 heavy (non-hydrogen) atoms. The Kier molecular flexibility index (Phi) is 4.18. The fourth-order valence-electron chi connectivity index (χ4n) is 1.84. The van der Waals surface area contributed by atoms with Crippen molar-refractivity contribution >= 4 is 5.91 Å². The molecule has 0 bridgehead atoms. The number of carbonyl (C=O) groups excluding carboxylic acids is 1. The number of H-pyrrole nitrogens is 1. The molecule has 0 atom stereocenters. The summed E-state index contributed by atoms with van der Waals surface area (Å²) in [6, 6.07) is 9.58. The zero-order chi connectivity index (χ0) is 13.7. The third-order valence-electron chi connectivity index (χ3n) is 2.82. The fourth-order valence-corrected chi connectivity index (χ4v) is 1.84. The number of hydrogen-bond acceptors (Lipinski definition) is 2. The zero-order valence-corrected chi connectivity index (χ0v) is 10.8. The largest absolute Gasteiger partial charge is 0.351 e. The third kappa shape index (κ3) is 3.13. The quantitative estimate of drug-likeness (QED) is 0.851. The lowest BCUT2D eigenvalue weighted by molar-refractivity contribution is 0.0944. The Labute approximate surface area is 111 Å². The van der Waals surface area contributed by atoms with Crippen molar-refractivity contribution < 1.29 is 4.79 Å². The van der Waals surface area contributed by atoms with Gasteiger partial charge in [-0.3, -0.25) is 9.36 Å². The standard InChI is InChI=1S/C14H17N3O2/c1-2-8-15-13(18)12-9-16-14(19)17(12)10-11-6-4-3-5-7-11/h3-7,9H,2,8,10H2,1H3,(H,15,18)(H,16,19). The average molecular weight is 259 g/mol. The van der Waals surface area contributed by atoms with Crippen molar-refractivity contribution in [2.75, 3.05) is 6.54 Å². The van der Waals surface area contributed by atoms with Crippen molar-refractivity contribution in [3.8, 4) is 0 Å². The monoisotopic (exact) mass is 259 g/mol. The van der Waals surface area contributed by atoms with Gasteiger partial charge in [0.1, 0.15) is 5.69 Å². The summed E-state index contributed by atoms with van der Waals surface area (Å²) in [6.45, 7) is 2.97. The van der Waals surface area contributed by atoms with E-state index in [1.807, 2.05) is 37.3 Å². The van der Waals surface area contributed by atoms with Gasteiger partial charge in [-0.25, -0.2) is 4.79 Å². The molecular weight excluding hydrogens is 242 g/mol. The first-order valence-corrected chi connectivity index (χ1v) is 6.32. The maximum Gasteiger partial charge on any atom is 0.326 e. The minimum absolute atomic E-state index is 0.226. The van der Waals surface area contributed by atoms with Gasteiger partial charge in [0.25, 0.3) is 5.91 Å². The summed E-state index contributed by atoms with van der Waals surface area (Å²) in [7, 11) is 0. The number of nitrogens with one attached hydrogen (secondary N) is 2. The molecule has 1 heterocycles. The van der Waals surface area contributed by atoms with E-state index in [-0.39, 0.29) is 11.6 Å². The van der Waals surface area contributed by atoms with Crippen molar-refractivity contribution in [3.63, 3.8) is 0 Å². The topological polar surface area (TPSA) is 66.9 Å². The molecule has 2 rings (SSSR count). The van der Waals surface area contributed by atoms with E-state index >= 15 is 0 Å². The van der Waals surface area contributed by atoms with Crippen molar-refractivity contribution in [2.24, 2.45) is 0 Å². The van der Waals surface area contributed by atoms with Crippen LogP contribution in [0.5, 0.6) is 0 Å². The van der Waals surface area contributed by atoms with Crippen LogP contribution in [0.4, 0.5) is 0 Å². The Morgan fingerprint density at radius 1 is 1.32 bits per heavy atom. The molecule has 1 amide bonds. The minimum Gasteiger partial charge on any atom is -0.351 e. The molecule has 0 aliphatic carbocycles. The fraction of sp³-hybridized carbons (Fsp3) is 0.286. The maximum atomic E-state index is 11.9. The highest BCUT2D eigenvalue weighted by Gasteiger charge is 2.13. The molecule has 0 radical (unpaired) electrons. The first kappa shape index (κ1) is 13.1. The maximum absolute atomic E-state index is 11.9. The lowest BCUT2D eigenvalue weighted by Crippen LogP contribution is -2.29. The van der Waals surface area contributed by atoms with Gasteiger partial charge in [-0.1, -0.05) is 37.3 Å². The molecule has 0 spiro atoms. The van der Waals surface area contributed by atoms with Crippen LogP contribution in [0.1, 0.15) is 29.4 Å². The van der Waals surface area contributed by atoms with Crippen molar-refractivity contribution in [1.82, 2.24) is 14.9 Å². The molecule has 2 N–H and O–H groups in total. The summed E-state index contributed by atoms with van der Waals surface area (Å²) >= 11 is 0. The minimum atomic E-state index is -0.273. The second-order valence-electron chi connectivity index (χ2n) is 4.31. The van der Waals surface area contributed by atoms with E-state index in [4.69, 9.17) is 0 Å². The van der Waals surface area contributed by atoms with Crippen LogP contribution in [0.15, 0.2) is 41.3 Å². The van der Waals surface area contributed by atoms with E-state index in [0.717, 1.165) is 12.0 Å². The molecular formula is C14H17N3O2. The second-order valence-corrected chi connectivity index (χ2v) is 4.31. The number of rotatable bonds is 5. The summed E-state index contributed by atoms with van der Waals surface area (Å²) in [6.07, 6.45) is 2.31. The van der Waals surface area contributed by atoms with Gasteiger partial charge in [0.2, 0.25) is 0 Å². The molecule has 5 heteroatoms. The third-order valence-corrected chi connectivity index (χ3v) is 2.82. The number of nitrogens with zero attached hydrogens (tertiary/aromatic N) is 1. The Morgan fingerprint density at radius 2 is 2.05 bits per heavy atom. The van der Waals surface area contributed by atoms with E-state index in [9.17, 15) is 9.59 Å². The van der Waals surface area contributed by atoms with Gasteiger partial charge < -0.3 is 10.3 Å². The Morgan fingerprint density at radius 3 is 2.74 bits per heavy atom. The average Bonchev–Trinajstić information content (AvgIpc) is 2.79. The summed E-state index contributed by atoms with van der Waals surface area (Å²) in [4.78, 5) is 26.2. The molecule has 5 nitrogen and oxygen atoms in total. The highest BCUT2D eigenvalue weighted by molar-refractivity contribution is 5.92. The number of carbonyl (C=O) groups is 1. The number of aromatic amines is 1. The molecule has 0 aliphatic heterocycles. The first-order chi connectivity index (χ1) is 9.22. The number of benzene rings is 1. The summed E-state index contributed by atoms with van der Waals surface area (Å²) in [5, 5.41) is 2.77. The predicted molar refractivity (Wildman–Crippen MR) is 73.2 cm³/mol. The van der Waals surface area contributed by atoms with Gasteiger partial charge in [0.15, 0.2) is 0 Å². The molecule has 2 aromatic rings. The molecule has 0 saturated carbocycles. The van der Waals surface area contributed by atoms with Gasteiger partial charge in [-0.15, -0.1) is 0 Å². The van der Waals surface area contributed by atoms with E-state index in [1.165, 1.54) is 10.8 Å². The predicted octanol–water partition coefficient (Wildman–Crippen LogP) is 1.36. The number of hydrogen-bond donors (Lipinski definition) is 2. The van der Waals surface area contributed by atoms with Crippen LogP contribution < -0.4 is 11.0 Å². The van der Waals surface area contributed by atoms with Crippen LogP contribution in [0, 0.1) is 0 Å². The van der Waals surface area contributed by atoms with Crippen LogP contribution in [-0.2, 0) is 6.54 Å². The molecule has 1 aromatic carbocycles. The van der Waals surface area contributed by atoms with Crippen LogP contribution in [0.2, 0.25) is 0 Å². The van der Waals surface area contributed by atoms with E-state index in [0.29, 0.717) is 18.8 Å². The normalized spacial score (nSPS) is 10.4. The lowest BCUT2D eigenvalue weighted by Gasteiger charge is -2.07. The Balaban J connectivity index is 2.23. The van der Waals surface area contributed by atoms with Crippen LogP contribution in [0.25, 0.3) is 0 Å². The van der Waals surface area contributed by atoms with Gasteiger partial charge in [0, 0.05) is 12.7 Å². The molecule has 0 unspecified atom stereocenters. The Hall–Kier alpha value is -2.30. The summed E-state index contributed by atoms with van der Waals surface area (Å²) < 4.78 is 1.44. The SMILES string of the molecule is CCCNC(=O)c1c[nH]c(=O)n1Cc1ccccc1. The van der Waals surface area contributed by atoms with Gasteiger partial charge >= 0.3 is 5.69 Å². The molecule has 1 aromatic heterocycles. The summed E-state index contributed by atoms with van der Waals surface area (Å²) in [5.74, 6) is -0.226. The van der Waals surface area contributed by atoms with Crippen LogP contribution in [-0.4, -0.2) is 22.0 Å². The highest BCUT2D eigenvalue weighted by Crippen LogP contribution is 2.03.